The van der Waals surface area contributed by atoms with E-state index in [4.69, 9.17) is 10.8 Å². The summed E-state index contributed by atoms with van der Waals surface area (Å²) in [6.07, 6.45) is 6.94. The Morgan fingerprint density at radius 3 is 1.86 bits per heavy atom. The van der Waals surface area contributed by atoms with Gasteiger partial charge in [0, 0.05) is 6.54 Å². The van der Waals surface area contributed by atoms with Crippen molar-refractivity contribution in [1.29, 1.82) is 0 Å². The third-order valence-corrected chi connectivity index (χ3v) is 5.79. The fraction of sp³-hybridized carbons (Fsp3) is 0.630. The predicted octanol–water partition coefficient (Wildman–Crippen LogP) is 6.94. The summed E-state index contributed by atoms with van der Waals surface area (Å²) in [6.45, 7) is 12.0. The number of carboxylic acid groups (broad SMARTS) is 2. The minimum Gasteiger partial charge on any atom is -0.480 e. The summed E-state index contributed by atoms with van der Waals surface area (Å²) in [6, 6.07) is -0.499. The van der Waals surface area contributed by atoms with Gasteiger partial charge in [-0.1, -0.05) is 46.6 Å². The number of nitrogens with two attached hydrogens (primary N) is 1. The molecule has 200 valence electrons. The fourth-order valence-electron chi connectivity index (χ4n) is 3.55. The van der Waals surface area contributed by atoms with E-state index in [-0.39, 0.29) is 13.0 Å². The molecule has 0 aromatic heterocycles. The van der Waals surface area contributed by atoms with Crippen LogP contribution in [0.3, 0.4) is 0 Å². The largest absolute Gasteiger partial charge is 0.480 e. The van der Waals surface area contributed by atoms with Crippen LogP contribution < -0.4 is 5.73 Å². The summed E-state index contributed by atoms with van der Waals surface area (Å²) in [5, 5.41) is 19.0. The van der Waals surface area contributed by atoms with Crippen molar-refractivity contribution in [2.75, 3.05) is 6.54 Å². The van der Waals surface area contributed by atoms with E-state index in [1.807, 2.05) is 53.7 Å². The molecule has 0 radical (unpaired) electrons. The third-order valence-electron chi connectivity index (χ3n) is 5.79. The zero-order chi connectivity index (χ0) is 27.2. The number of nitrogens with zero attached hydrogens (tertiary/aromatic N) is 1. The molecule has 35 heavy (non-hydrogen) atoms. The normalized spacial score (nSPS) is 14.8. The van der Waals surface area contributed by atoms with Crippen LogP contribution in [-0.4, -0.2) is 51.7 Å². The van der Waals surface area contributed by atoms with Crippen LogP contribution in [0.15, 0.2) is 46.6 Å². The fourth-order valence-corrected chi connectivity index (χ4v) is 3.55. The van der Waals surface area contributed by atoms with Crippen LogP contribution in [0.2, 0.25) is 0 Å². The highest BCUT2D eigenvalue weighted by Crippen LogP contribution is 2.22. The van der Waals surface area contributed by atoms with E-state index < -0.39 is 36.5 Å². The van der Waals surface area contributed by atoms with Crippen LogP contribution in [0.1, 0.15) is 86.5 Å². The van der Waals surface area contributed by atoms with Crippen LogP contribution in [0.5, 0.6) is 0 Å². The van der Waals surface area contributed by atoms with Crippen LogP contribution in [0.25, 0.3) is 0 Å². The molecule has 0 spiro atoms. The summed E-state index contributed by atoms with van der Waals surface area (Å²) >= 11 is 0. The van der Waals surface area contributed by atoms with Crippen molar-refractivity contribution in [3.8, 4) is 0 Å². The van der Waals surface area contributed by atoms with Crippen molar-refractivity contribution in [2.24, 2.45) is 5.73 Å². The number of amides is 1. The van der Waals surface area contributed by atoms with E-state index >= 15 is 0 Å². The summed E-state index contributed by atoms with van der Waals surface area (Å²) in [4.78, 5) is 24.5. The van der Waals surface area contributed by atoms with Gasteiger partial charge in [-0.15, -0.1) is 0 Å². The van der Waals surface area contributed by atoms with Gasteiger partial charge >= 0.3 is 12.1 Å². The molecule has 0 aromatic carbocycles. The Balaban J connectivity index is 5.68. The third kappa shape index (κ3) is 13.3. The SMILES string of the molecule is CC(C)=CCCC(C)=CCC(C=C(C)CCC=C(C)C)N(CCCC(N)(C(=O)O)C(F)F)C(=O)O. The lowest BCUT2D eigenvalue weighted by molar-refractivity contribution is -0.150. The Hall–Kier alpha value is -2.48. The topological polar surface area (TPSA) is 104 Å². The van der Waals surface area contributed by atoms with Crippen LogP contribution in [0.4, 0.5) is 13.6 Å². The lowest BCUT2D eigenvalue weighted by Crippen LogP contribution is -2.54. The second-order valence-electron chi connectivity index (χ2n) is 9.73. The van der Waals surface area contributed by atoms with E-state index in [1.54, 1.807) is 0 Å². The molecule has 8 heteroatoms. The van der Waals surface area contributed by atoms with Crippen molar-refractivity contribution in [3.63, 3.8) is 0 Å². The number of carboxylic acids is 1. The first-order valence-electron chi connectivity index (χ1n) is 12.1. The Kier molecular flexibility index (Phi) is 15.1. The molecule has 0 aliphatic carbocycles. The Labute approximate surface area is 209 Å². The molecule has 0 fully saturated rings. The smallest absolute Gasteiger partial charge is 0.407 e. The van der Waals surface area contributed by atoms with Gasteiger partial charge in [-0.05, 0) is 86.5 Å². The Morgan fingerprint density at radius 1 is 0.914 bits per heavy atom. The van der Waals surface area contributed by atoms with Gasteiger partial charge in [0.15, 0.2) is 5.54 Å². The van der Waals surface area contributed by atoms with E-state index in [2.05, 4.69) is 12.2 Å². The van der Waals surface area contributed by atoms with Crippen molar-refractivity contribution in [3.05, 3.63) is 46.6 Å². The van der Waals surface area contributed by atoms with Crippen LogP contribution >= 0.6 is 0 Å². The summed E-state index contributed by atoms with van der Waals surface area (Å²) < 4.78 is 26.4. The van der Waals surface area contributed by atoms with Crippen LogP contribution in [-0.2, 0) is 4.79 Å². The Bertz CT molecular complexity index is 810. The molecular formula is C27H44F2N2O4. The van der Waals surface area contributed by atoms with Crippen molar-refractivity contribution in [1.82, 2.24) is 4.90 Å². The van der Waals surface area contributed by atoms with Gasteiger partial charge in [-0.25, -0.2) is 18.4 Å². The first kappa shape index (κ1) is 32.5. The molecule has 6 nitrogen and oxygen atoms in total. The van der Waals surface area contributed by atoms with E-state index in [9.17, 15) is 23.5 Å². The van der Waals surface area contributed by atoms with Gasteiger partial charge in [-0.2, -0.15) is 0 Å². The number of rotatable bonds is 16. The van der Waals surface area contributed by atoms with Crippen LogP contribution in [0, 0.1) is 0 Å². The molecule has 0 aromatic rings. The van der Waals surface area contributed by atoms with E-state index in [0.29, 0.717) is 6.42 Å². The molecule has 1 amide bonds. The first-order chi connectivity index (χ1) is 16.2. The van der Waals surface area contributed by atoms with E-state index in [1.165, 1.54) is 16.0 Å². The van der Waals surface area contributed by atoms with Crippen molar-refractivity contribution < 1.29 is 28.6 Å². The maximum absolute atomic E-state index is 13.2. The van der Waals surface area contributed by atoms with Crippen molar-refractivity contribution >= 4 is 12.1 Å². The summed E-state index contributed by atoms with van der Waals surface area (Å²) in [7, 11) is 0. The molecular weight excluding hydrogens is 454 g/mol. The minimum atomic E-state index is -3.25. The molecule has 4 N–H and O–H groups in total. The number of allylic oxidation sites excluding steroid dienone is 6. The number of halogens is 2. The van der Waals surface area contributed by atoms with Gasteiger partial charge in [0.25, 0.3) is 6.43 Å². The molecule has 0 bridgehead atoms. The molecule has 0 aliphatic rings. The number of carbonyl (C=O) groups is 2. The number of hydrogen-bond acceptors (Lipinski definition) is 3. The Morgan fingerprint density at radius 2 is 1.43 bits per heavy atom. The summed E-state index contributed by atoms with van der Waals surface area (Å²) in [5.74, 6) is -1.80. The zero-order valence-corrected chi connectivity index (χ0v) is 22.1. The lowest BCUT2D eigenvalue weighted by Gasteiger charge is -2.29. The molecule has 0 saturated carbocycles. The molecule has 0 saturated heterocycles. The van der Waals surface area contributed by atoms with E-state index in [0.717, 1.165) is 36.8 Å². The van der Waals surface area contributed by atoms with Gasteiger partial charge in [0.05, 0.1) is 6.04 Å². The molecule has 0 heterocycles. The van der Waals surface area contributed by atoms with Gasteiger partial charge in [0.2, 0.25) is 0 Å². The minimum absolute atomic E-state index is 0.0934. The number of aliphatic carboxylic acids is 1. The quantitative estimate of drug-likeness (QED) is 0.200. The number of alkyl halides is 2. The highest BCUT2D eigenvalue weighted by atomic mass is 19.3. The second kappa shape index (κ2) is 16.2. The number of hydrogen-bond donors (Lipinski definition) is 3. The molecule has 2 unspecified atom stereocenters. The zero-order valence-electron chi connectivity index (χ0n) is 22.1. The maximum Gasteiger partial charge on any atom is 0.407 e. The lowest BCUT2D eigenvalue weighted by atomic mass is 9.94. The average Bonchev–Trinajstić information content (AvgIpc) is 2.73. The van der Waals surface area contributed by atoms with Crippen molar-refractivity contribution in [2.45, 2.75) is 104 Å². The molecule has 0 aliphatic heterocycles. The second-order valence-corrected chi connectivity index (χ2v) is 9.73. The van der Waals surface area contributed by atoms with Gasteiger partial charge in [-0.3, -0.25) is 0 Å². The highest BCUT2D eigenvalue weighted by Gasteiger charge is 2.43. The molecule has 2 atom stereocenters. The average molecular weight is 499 g/mol. The maximum atomic E-state index is 13.2. The van der Waals surface area contributed by atoms with Gasteiger partial charge in [0.1, 0.15) is 0 Å². The first-order valence-corrected chi connectivity index (χ1v) is 12.1. The highest BCUT2D eigenvalue weighted by molar-refractivity contribution is 5.79. The van der Waals surface area contributed by atoms with Gasteiger partial charge < -0.3 is 20.8 Å². The predicted molar refractivity (Wildman–Crippen MR) is 138 cm³/mol. The summed E-state index contributed by atoms with van der Waals surface area (Å²) in [5.41, 5.74) is 7.32. The monoisotopic (exact) mass is 498 g/mol. The standard InChI is InChI=1S/C27H44F2N2O4/c1-19(2)10-7-12-21(5)14-15-23(18-22(6)13-8-11-20(3)4)31(26(34)35)17-9-16-27(30,24(28)29)25(32)33/h10-11,14,18,23-24H,7-9,12-13,15-17,30H2,1-6H3,(H,32,33)(H,34,35). The molecule has 0 rings (SSSR count).